The molecule has 0 saturated heterocycles. The molecule has 1 heterocycles. The van der Waals surface area contributed by atoms with Crippen LogP contribution in [-0.4, -0.2) is 17.3 Å². The van der Waals surface area contributed by atoms with E-state index in [-0.39, 0.29) is 6.04 Å². The van der Waals surface area contributed by atoms with E-state index in [1.807, 2.05) is 24.3 Å². The van der Waals surface area contributed by atoms with E-state index < -0.39 is 0 Å². The first kappa shape index (κ1) is 11.4. The highest BCUT2D eigenvalue weighted by Gasteiger charge is 2.16. The Hall–Kier alpha value is -2.05. The van der Waals surface area contributed by atoms with Gasteiger partial charge >= 0.3 is 0 Å². The van der Waals surface area contributed by atoms with Crippen molar-refractivity contribution in [2.24, 2.45) is 5.84 Å². The van der Waals surface area contributed by atoms with Crippen LogP contribution >= 0.6 is 0 Å². The van der Waals surface area contributed by atoms with Gasteiger partial charge in [0.2, 0.25) is 0 Å². The van der Waals surface area contributed by atoms with Gasteiger partial charge in [-0.05, 0) is 17.7 Å². The molecule has 0 aliphatic heterocycles. The molecule has 0 aliphatic rings. The minimum Gasteiger partial charge on any atom is -0.497 e. The predicted molar refractivity (Wildman–Crippen MR) is 65.2 cm³/mol. The van der Waals surface area contributed by atoms with E-state index in [0.29, 0.717) is 5.82 Å². The molecule has 90 valence electrons. The Kier molecular flexibility index (Phi) is 3.27. The summed E-state index contributed by atoms with van der Waals surface area (Å²) in [5.41, 5.74) is 10.3. The fourth-order valence-electron chi connectivity index (χ4n) is 1.70. The average Bonchev–Trinajstić information content (AvgIpc) is 2.78. The molecule has 17 heavy (non-hydrogen) atoms. The largest absolute Gasteiger partial charge is 0.497 e. The Balaban J connectivity index is 2.32. The fourth-order valence-corrected chi connectivity index (χ4v) is 1.70. The zero-order chi connectivity index (χ0) is 12.3. The molecule has 0 fully saturated rings. The quantitative estimate of drug-likeness (QED) is 0.456. The van der Waals surface area contributed by atoms with E-state index in [1.165, 1.54) is 0 Å². The van der Waals surface area contributed by atoms with E-state index in [1.54, 1.807) is 13.3 Å². The molecule has 6 N–H and O–H groups in total. The maximum Gasteiger partial charge on any atom is 0.124 e. The van der Waals surface area contributed by atoms with Gasteiger partial charge in [-0.2, -0.15) is 5.10 Å². The molecular formula is C11H15N5O. The Morgan fingerprint density at radius 1 is 1.35 bits per heavy atom. The van der Waals surface area contributed by atoms with Crippen LogP contribution in [0.5, 0.6) is 5.75 Å². The summed E-state index contributed by atoms with van der Waals surface area (Å²) < 4.78 is 5.10. The molecule has 2 rings (SSSR count). The van der Waals surface area contributed by atoms with Crippen molar-refractivity contribution in [3.05, 3.63) is 41.6 Å². The molecule has 0 amide bonds. The lowest BCUT2D eigenvalue weighted by molar-refractivity contribution is 0.414. The monoisotopic (exact) mass is 233 g/mol. The summed E-state index contributed by atoms with van der Waals surface area (Å²) in [6.07, 6.45) is 1.66. The number of hydrogen-bond donors (Lipinski definition) is 4. The first-order chi connectivity index (χ1) is 8.26. The lowest BCUT2D eigenvalue weighted by Gasteiger charge is -2.15. The van der Waals surface area contributed by atoms with Gasteiger partial charge in [-0.25, -0.2) is 5.43 Å². The molecule has 1 unspecified atom stereocenters. The second-order valence-electron chi connectivity index (χ2n) is 3.61. The van der Waals surface area contributed by atoms with E-state index in [9.17, 15) is 0 Å². The van der Waals surface area contributed by atoms with Gasteiger partial charge in [-0.15, -0.1) is 0 Å². The second-order valence-corrected chi connectivity index (χ2v) is 3.61. The van der Waals surface area contributed by atoms with Crippen molar-refractivity contribution >= 4 is 5.82 Å². The van der Waals surface area contributed by atoms with Crippen molar-refractivity contribution in [2.45, 2.75) is 6.04 Å². The molecule has 1 atom stereocenters. The SMILES string of the molecule is COc1ccc(C(NN)c2cn[nH]c2N)cc1. The first-order valence-corrected chi connectivity index (χ1v) is 5.15. The molecule has 2 aromatic rings. The lowest BCUT2D eigenvalue weighted by atomic mass is 10.0. The third-order valence-corrected chi connectivity index (χ3v) is 2.63. The predicted octanol–water partition coefficient (Wildman–Crippen LogP) is 0.553. The molecule has 0 radical (unpaired) electrons. The van der Waals surface area contributed by atoms with Gasteiger partial charge in [0.1, 0.15) is 11.6 Å². The first-order valence-electron chi connectivity index (χ1n) is 5.15. The number of rotatable bonds is 4. The highest BCUT2D eigenvalue weighted by atomic mass is 16.5. The Labute approximate surface area is 98.9 Å². The van der Waals surface area contributed by atoms with E-state index in [4.69, 9.17) is 16.3 Å². The summed E-state index contributed by atoms with van der Waals surface area (Å²) >= 11 is 0. The van der Waals surface area contributed by atoms with Crippen LogP contribution in [-0.2, 0) is 0 Å². The molecule has 1 aromatic heterocycles. The van der Waals surface area contributed by atoms with Gasteiger partial charge in [0.05, 0.1) is 19.3 Å². The Morgan fingerprint density at radius 3 is 2.53 bits per heavy atom. The average molecular weight is 233 g/mol. The highest BCUT2D eigenvalue weighted by molar-refractivity contribution is 5.45. The van der Waals surface area contributed by atoms with Gasteiger partial charge in [0.25, 0.3) is 0 Å². The maximum absolute atomic E-state index is 5.77. The highest BCUT2D eigenvalue weighted by Crippen LogP contribution is 2.25. The van der Waals surface area contributed by atoms with Crippen LogP contribution in [0.4, 0.5) is 5.82 Å². The van der Waals surface area contributed by atoms with Crippen LogP contribution in [0.2, 0.25) is 0 Å². The lowest BCUT2D eigenvalue weighted by Crippen LogP contribution is -2.29. The number of nitrogens with two attached hydrogens (primary N) is 2. The van der Waals surface area contributed by atoms with Crippen molar-refractivity contribution in [1.29, 1.82) is 0 Å². The van der Waals surface area contributed by atoms with Gasteiger partial charge in [-0.3, -0.25) is 10.9 Å². The van der Waals surface area contributed by atoms with E-state index >= 15 is 0 Å². The summed E-state index contributed by atoms with van der Waals surface area (Å²) in [5.74, 6) is 6.86. The number of methoxy groups -OCH3 is 1. The minimum atomic E-state index is -0.195. The summed E-state index contributed by atoms with van der Waals surface area (Å²) in [6.45, 7) is 0. The van der Waals surface area contributed by atoms with Gasteiger partial charge < -0.3 is 10.5 Å². The van der Waals surface area contributed by atoms with Crippen molar-refractivity contribution in [2.75, 3.05) is 12.8 Å². The number of hydrazine groups is 1. The Morgan fingerprint density at radius 2 is 2.06 bits per heavy atom. The van der Waals surface area contributed by atoms with Crippen molar-refractivity contribution in [3.63, 3.8) is 0 Å². The molecule has 0 spiro atoms. The number of aromatic amines is 1. The fraction of sp³-hybridized carbons (Fsp3) is 0.182. The summed E-state index contributed by atoms with van der Waals surface area (Å²) in [5, 5.41) is 6.56. The van der Waals surface area contributed by atoms with Gasteiger partial charge in [-0.1, -0.05) is 12.1 Å². The standard InChI is InChI=1S/C11H15N5O/c1-17-8-4-2-7(3-5-8)10(15-13)9-6-14-16-11(9)12/h2-6,10,15H,13H2,1H3,(H3,12,14,16). The summed E-state index contributed by atoms with van der Waals surface area (Å²) in [6, 6.07) is 7.40. The number of hydrogen-bond acceptors (Lipinski definition) is 5. The number of anilines is 1. The van der Waals surface area contributed by atoms with Crippen LogP contribution < -0.4 is 21.7 Å². The number of ether oxygens (including phenoxy) is 1. The van der Waals surface area contributed by atoms with E-state index in [2.05, 4.69) is 15.6 Å². The molecule has 0 saturated carbocycles. The number of H-pyrrole nitrogens is 1. The van der Waals surface area contributed by atoms with Crippen LogP contribution in [0.15, 0.2) is 30.5 Å². The van der Waals surface area contributed by atoms with Crippen molar-refractivity contribution in [1.82, 2.24) is 15.6 Å². The number of nitrogens with one attached hydrogen (secondary N) is 2. The summed E-state index contributed by atoms with van der Waals surface area (Å²) in [7, 11) is 1.63. The third kappa shape index (κ3) is 2.22. The summed E-state index contributed by atoms with van der Waals surface area (Å²) in [4.78, 5) is 0. The number of nitrogens with zero attached hydrogens (tertiary/aromatic N) is 1. The normalized spacial score (nSPS) is 12.4. The van der Waals surface area contributed by atoms with E-state index in [0.717, 1.165) is 16.9 Å². The molecular weight excluding hydrogens is 218 g/mol. The van der Waals surface area contributed by atoms with Crippen LogP contribution in [0, 0.1) is 0 Å². The molecule has 6 heteroatoms. The molecule has 6 nitrogen and oxygen atoms in total. The second kappa shape index (κ2) is 4.86. The number of nitrogen functional groups attached to an aromatic ring is 1. The van der Waals surface area contributed by atoms with Crippen LogP contribution in [0.25, 0.3) is 0 Å². The minimum absolute atomic E-state index is 0.195. The Bertz CT molecular complexity index is 479. The maximum atomic E-state index is 5.77. The molecule has 0 bridgehead atoms. The van der Waals surface area contributed by atoms with Gasteiger partial charge in [0, 0.05) is 5.56 Å². The topological polar surface area (TPSA) is 102 Å². The number of aromatic nitrogens is 2. The van der Waals surface area contributed by atoms with Crippen molar-refractivity contribution in [3.8, 4) is 5.75 Å². The van der Waals surface area contributed by atoms with Crippen molar-refractivity contribution < 1.29 is 4.74 Å². The number of benzene rings is 1. The molecule has 1 aromatic carbocycles. The van der Waals surface area contributed by atoms with Gasteiger partial charge in [0.15, 0.2) is 0 Å². The smallest absolute Gasteiger partial charge is 0.124 e. The third-order valence-electron chi connectivity index (χ3n) is 2.63. The molecule has 0 aliphatic carbocycles. The van der Waals surface area contributed by atoms with Crippen LogP contribution in [0.1, 0.15) is 17.2 Å². The zero-order valence-corrected chi connectivity index (χ0v) is 9.47. The van der Waals surface area contributed by atoms with Crippen LogP contribution in [0.3, 0.4) is 0 Å². The zero-order valence-electron chi connectivity index (χ0n) is 9.47.